The van der Waals surface area contributed by atoms with Gasteiger partial charge in [-0.15, -0.1) is 0 Å². The highest BCUT2D eigenvalue weighted by Crippen LogP contribution is 2.29. The third-order valence-electron chi connectivity index (χ3n) is 8.19. The number of nitrogens with zero attached hydrogens (tertiary/aromatic N) is 5. The summed E-state index contributed by atoms with van der Waals surface area (Å²) in [4.78, 5) is 37.5. The number of carbonyl (C=O) groups is 2. The second-order valence-electron chi connectivity index (χ2n) is 11.2. The summed E-state index contributed by atoms with van der Waals surface area (Å²) < 4.78 is 5.47. The van der Waals surface area contributed by atoms with E-state index in [1.165, 1.54) is 11.1 Å². The summed E-state index contributed by atoms with van der Waals surface area (Å²) in [5, 5.41) is 12.2. The molecule has 0 spiro atoms. The van der Waals surface area contributed by atoms with E-state index in [2.05, 4.69) is 38.9 Å². The fourth-order valence-electron chi connectivity index (χ4n) is 5.70. The van der Waals surface area contributed by atoms with Crippen LogP contribution >= 0.6 is 0 Å². The number of nitriles is 1. The molecule has 0 unspecified atom stereocenters. The molecule has 1 aromatic carbocycles. The largest absolute Gasteiger partial charge is 0.484 e. The first kappa shape index (κ1) is 31.4. The quantitative estimate of drug-likeness (QED) is 0.328. The molecule has 4 rings (SSSR count). The van der Waals surface area contributed by atoms with Gasteiger partial charge in [0.15, 0.2) is 6.61 Å². The van der Waals surface area contributed by atoms with Gasteiger partial charge in [-0.05, 0) is 100 Å². The van der Waals surface area contributed by atoms with Crippen molar-refractivity contribution in [3.63, 3.8) is 0 Å². The van der Waals surface area contributed by atoms with Gasteiger partial charge in [-0.25, -0.2) is 4.98 Å². The van der Waals surface area contributed by atoms with Crippen LogP contribution in [-0.2, 0) is 11.3 Å². The topological polar surface area (TPSA) is 137 Å². The minimum atomic E-state index is -0.505. The van der Waals surface area contributed by atoms with Crippen LogP contribution in [0.1, 0.15) is 64.6 Å². The Morgan fingerprint density at radius 2 is 1.88 bits per heavy atom. The van der Waals surface area contributed by atoms with Crippen LogP contribution in [0, 0.1) is 32.1 Å². The lowest BCUT2D eigenvalue weighted by atomic mass is 9.99. The van der Waals surface area contributed by atoms with Crippen LogP contribution in [0.3, 0.4) is 0 Å². The lowest BCUT2D eigenvalue weighted by molar-refractivity contribution is -0.119. The van der Waals surface area contributed by atoms with Gasteiger partial charge in [0, 0.05) is 56.3 Å². The second-order valence-corrected chi connectivity index (χ2v) is 11.2. The monoisotopic (exact) mass is 583 g/mol. The molecule has 226 valence electrons. The number of hydrogen-bond acceptors (Lipinski definition) is 8. The molecule has 2 amide bonds. The highest BCUT2D eigenvalue weighted by molar-refractivity contribution is 5.96. The van der Waals surface area contributed by atoms with Gasteiger partial charge < -0.3 is 25.6 Å². The summed E-state index contributed by atoms with van der Waals surface area (Å²) in [5.74, 6) is -0.0447. The number of aryl methyl sites for hydroxylation is 3. The van der Waals surface area contributed by atoms with Crippen molar-refractivity contribution < 1.29 is 14.3 Å². The Morgan fingerprint density at radius 1 is 1.16 bits per heavy atom. The van der Waals surface area contributed by atoms with Crippen LogP contribution < -0.4 is 20.7 Å². The van der Waals surface area contributed by atoms with Crippen LogP contribution in [-0.4, -0.2) is 65.0 Å². The third kappa shape index (κ3) is 8.30. The zero-order valence-corrected chi connectivity index (χ0v) is 25.5. The smallest absolute Gasteiger partial charge is 0.255 e. The number of nitrogens with one attached hydrogen (secondary N) is 1. The lowest BCUT2D eigenvalue weighted by Gasteiger charge is -2.42. The van der Waals surface area contributed by atoms with E-state index >= 15 is 0 Å². The van der Waals surface area contributed by atoms with Gasteiger partial charge in [0.25, 0.3) is 11.8 Å². The van der Waals surface area contributed by atoms with Gasteiger partial charge in [-0.3, -0.25) is 14.6 Å². The predicted molar refractivity (Wildman–Crippen MR) is 166 cm³/mol. The Balaban J connectivity index is 1.35. The summed E-state index contributed by atoms with van der Waals surface area (Å²) in [5.41, 5.74) is 10.9. The second kappa shape index (κ2) is 14.6. The van der Waals surface area contributed by atoms with Gasteiger partial charge in [0.05, 0.1) is 11.3 Å². The molecule has 2 aromatic heterocycles. The van der Waals surface area contributed by atoms with Gasteiger partial charge in [-0.2, -0.15) is 5.26 Å². The number of ether oxygens (including phenoxy) is 1. The number of aromatic nitrogens is 2. The van der Waals surface area contributed by atoms with Gasteiger partial charge in [-0.1, -0.05) is 0 Å². The van der Waals surface area contributed by atoms with Gasteiger partial charge in [0.1, 0.15) is 17.5 Å². The van der Waals surface area contributed by atoms with Crippen LogP contribution in [0.15, 0.2) is 48.8 Å². The molecule has 3 N–H and O–H groups in total. The van der Waals surface area contributed by atoms with Crippen LogP contribution in [0.5, 0.6) is 5.75 Å². The maximum Gasteiger partial charge on any atom is 0.255 e. The van der Waals surface area contributed by atoms with E-state index < -0.39 is 5.91 Å². The molecule has 10 nitrogen and oxygen atoms in total. The fourth-order valence-corrected chi connectivity index (χ4v) is 5.70. The Hall–Kier alpha value is -4.49. The van der Waals surface area contributed by atoms with Crippen molar-refractivity contribution in [3.05, 3.63) is 82.4 Å². The molecular weight excluding hydrogens is 542 g/mol. The number of primary amides is 1. The minimum absolute atomic E-state index is 0.148. The van der Waals surface area contributed by atoms with Crippen molar-refractivity contribution >= 4 is 17.5 Å². The average Bonchev–Trinajstić information content (AvgIpc) is 2.99. The van der Waals surface area contributed by atoms with Crippen LogP contribution in [0.25, 0.3) is 0 Å². The molecule has 1 aliphatic rings. The molecular formula is C33H41N7O3. The Labute approximate surface area is 253 Å². The first-order valence-corrected chi connectivity index (χ1v) is 14.7. The van der Waals surface area contributed by atoms with Crippen molar-refractivity contribution in [1.29, 1.82) is 5.26 Å². The molecule has 43 heavy (non-hydrogen) atoms. The molecule has 1 saturated heterocycles. The predicted octanol–water partition coefficient (Wildman–Crippen LogP) is 3.82. The molecule has 1 aliphatic heterocycles. The molecule has 1 atom stereocenters. The number of anilines is 1. The molecule has 1 fully saturated rings. The number of benzene rings is 1. The number of rotatable bonds is 12. The Morgan fingerprint density at radius 3 is 2.51 bits per heavy atom. The van der Waals surface area contributed by atoms with Crippen molar-refractivity contribution in [3.8, 4) is 11.8 Å². The van der Waals surface area contributed by atoms with Crippen LogP contribution in [0.2, 0.25) is 0 Å². The highest BCUT2D eigenvalue weighted by Gasteiger charge is 2.28. The first-order valence-electron chi connectivity index (χ1n) is 14.7. The molecule has 10 heteroatoms. The van der Waals surface area contributed by atoms with E-state index in [4.69, 9.17) is 15.7 Å². The van der Waals surface area contributed by atoms with E-state index in [0.29, 0.717) is 41.3 Å². The fraction of sp³-hybridized carbons (Fsp3) is 0.424. The van der Waals surface area contributed by atoms with Crippen molar-refractivity contribution in [1.82, 2.24) is 20.2 Å². The van der Waals surface area contributed by atoms with Gasteiger partial charge >= 0.3 is 0 Å². The lowest BCUT2D eigenvalue weighted by Crippen LogP contribution is -2.48. The number of nitrogens with two attached hydrogens (primary N) is 1. The zero-order valence-electron chi connectivity index (χ0n) is 25.5. The SMILES string of the molecule is Cc1ccncc1CN(c1ccc(OCC(N)=O)cc1)C1CCN([C@H](C)CCNC(=O)c2c(C)cc(C#N)nc2C)CC1. The first-order chi connectivity index (χ1) is 20.7. The number of carbonyl (C=O) groups excluding carboxylic acids is 2. The van der Waals surface area contributed by atoms with E-state index in [0.717, 1.165) is 50.1 Å². The van der Waals surface area contributed by atoms with E-state index in [9.17, 15) is 9.59 Å². The number of amides is 2. The normalized spacial score (nSPS) is 14.5. The average molecular weight is 584 g/mol. The summed E-state index contributed by atoms with van der Waals surface area (Å²) in [7, 11) is 0. The van der Waals surface area contributed by atoms with E-state index in [-0.39, 0.29) is 12.5 Å². The highest BCUT2D eigenvalue weighted by atomic mass is 16.5. The number of hydrogen-bond donors (Lipinski definition) is 2. The standard InChI is InChI=1S/C33H41N7O3/c1-22-9-13-36-19-26(22)20-40(28-5-7-30(8-6-28)43-21-31(35)41)29-11-15-39(16-12-29)24(3)10-14-37-33(42)32-23(2)17-27(18-34)38-25(32)4/h5-9,13,17,19,24,29H,10-12,14-16,20-21H2,1-4H3,(H2,35,41)(H,37,42)/t24-/m1/s1. The summed E-state index contributed by atoms with van der Waals surface area (Å²) in [6.07, 6.45) is 6.61. The summed E-state index contributed by atoms with van der Waals surface area (Å²) in [6.45, 7) is 11.0. The third-order valence-corrected chi connectivity index (χ3v) is 8.19. The zero-order chi connectivity index (χ0) is 30.9. The maximum atomic E-state index is 12.9. The number of pyridine rings is 2. The van der Waals surface area contributed by atoms with E-state index in [1.54, 1.807) is 13.0 Å². The Bertz CT molecular complexity index is 1440. The maximum absolute atomic E-state index is 12.9. The molecule has 0 aliphatic carbocycles. The van der Waals surface area contributed by atoms with Crippen LogP contribution in [0.4, 0.5) is 5.69 Å². The van der Waals surface area contributed by atoms with Crippen molar-refractivity contribution in [2.45, 2.75) is 65.6 Å². The Kier molecular flexibility index (Phi) is 10.7. The molecule has 0 radical (unpaired) electrons. The van der Waals surface area contributed by atoms with Gasteiger partial charge in [0.2, 0.25) is 0 Å². The summed E-state index contributed by atoms with van der Waals surface area (Å²) >= 11 is 0. The van der Waals surface area contributed by atoms with Crippen molar-refractivity contribution in [2.24, 2.45) is 5.73 Å². The molecule has 3 aromatic rings. The molecule has 3 heterocycles. The number of piperidine rings is 1. The van der Waals surface area contributed by atoms with E-state index in [1.807, 2.05) is 55.7 Å². The minimum Gasteiger partial charge on any atom is -0.484 e. The molecule has 0 bridgehead atoms. The van der Waals surface area contributed by atoms with Crippen molar-refractivity contribution in [2.75, 3.05) is 31.1 Å². The molecule has 0 saturated carbocycles. The number of likely N-dealkylation sites (tertiary alicyclic amines) is 1. The summed E-state index contributed by atoms with van der Waals surface area (Å²) in [6, 6.07) is 14.2.